The molecule has 0 saturated heterocycles. The van der Waals surface area contributed by atoms with Crippen molar-refractivity contribution in [3.05, 3.63) is 48.3 Å². The third-order valence-electron chi connectivity index (χ3n) is 3.60. The molecule has 0 aliphatic heterocycles. The number of hydrogen-bond acceptors (Lipinski definition) is 4. The quantitative estimate of drug-likeness (QED) is 0.809. The van der Waals surface area contributed by atoms with Crippen molar-refractivity contribution in [2.75, 3.05) is 6.54 Å². The molecule has 0 aliphatic carbocycles. The third kappa shape index (κ3) is 4.89. The standard InChI is InChI=1S/C16H24N4O2S/c1-13(14-8-6-5-7-9-14)19-16(2,3)12-18-23(21,22)15-10-17-20(4)11-15/h5-11,13,18-19H,12H2,1-4H3/t13-/m1/s1. The van der Waals surface area contributed by atoms with Gasteiger partial charge in [0.25, 0.3) is 0 Å². The highest BCUT2D eigenvalue weighted by molar-refractivity contribution is 7.89. The van der Waals surface area contributed by atoms with Crippen molar-refractivity contribution in [3.8, 4) is 0 Å². The lowest BCUT2D eigenvalue weighted by Gasteiger charge is -2.30. The Kier molecular flexibility index (Phi) is 5.23. The molecule has 0 amide bonds. The zero-order chi connectivity index (χ0) is 17.1. The molecule has 0 unspecified atom stereocenters. The number of nitrogens with one attached hydrogen (secondary N) is 2. The molecule has 23 heavy (non-hydrogen) atoms. The van der Waals surface area contributed by atoms with E-state index in [9.17, 15) is 8.42 Å². The predicted molar refractivity (Wildman–Crippen MR) is 90.5 cm³/mol. The van der Waals surface area contributed by atoms with E-state index in [1.165, 1.54) is 17.1 Å². The first kappa shape index (κ1) is 17.7. The summed E-state index contributed by atoms with van der Waals surface area (Å²) >= 11 is 0. The Hall–Kier alpha value is -1.70. The van der Waals surface area contributed by atoms with E-state index in [0.717, 1.165) is 5.56 Å². The van der Waals surface area contributed by atoms with E-state index in [0.29, 0.717) is 0 Å². The molecule has 6 nitrogen and oxygen atoms in total. The van der Waals surface area contributed by atoms with Crippen LogP contribution in [0.5, 0.6) is 0 Å². The van der Waals surface area contributed by atoms with Crippen LogP contribution in [0.2, 0.25) is 0 Å². The lowest BCUT2D eigenvalue weighted by Crippen LogP contribution is -2.49. The highest BCUT2D eigenvalue weighted by atomic mass is 32.2. The van der Waals surface area contributed by atoms with Gasteiger partial charge in [0.1, 0.15) is 4.90 Å². The summed E-state index contributed by atoms with van der Waals surface area (Å²) in [7, 11) is -1.86. The summed E-state index contributed by atoms with van der Waals surface area (Å²) in [6, 6.07) is 10.2. The molecule has 126 valence electrons. The molecule has 0 fully saturated rings. The monoisotopic (exact) mass is 336 g/mol. The topological polar surface area (TPSA) is 76.0 Å². The first-order valence-electron chi connectivity index (χ1n) is 7.51. The molecular weight excluding hydrogens is 312 g/mol. The van der Waals surface area contributed by atoms with Crippen LogP contribution in [0.25, 0.3) is 0 Å². The predicted octanol–water partition coefficient (Wildman–Crippen LogP) is 1.83. The zero-order valence-electron chi connectivity index (χ0n) is 13.9. The van der Waals surface area contributed by atoms with E-state index in [-0.39, 0.29) is 17.5 Å². The summed E-state index contributed by atoms with van der Waals surface area (Å²) in [5.74, 6) is 0. The van der Waals surface area contributed by atoms with Crippen LogP contribution in [0.15, 0.2) is 47.6 Å². The molecule has 0 aliphatic rings. The van der Waals surface area contributed by atoms with Crippen molar-refractivity contribution in [1.82, 2.24) is 19.8 Å². The summed E-state index contributed by atoms with van der Waals surface area (Å²) < 4.78 is 28.6. The van der Waals surface area contributed by atoms with Crippen molar-refractivity contribution in [1.29, 1.82) is 0 Å². The summed E-state index contributed by atoms with van der Waals surface area (Å²) in [4.78, 5) is 0.173. The Balaban J connectivity index is 1.98. The molecular formula is C16H24N4O2S. The summed E-state index contributed by atoms with van der Waals surface area (Å²) in [6.45, 7) is 6.28. The molecule has 1 aromatic carbocycles. The van der Waals surface area contributed by atoms with Gasteiger partial charge in [-0.05, 0) is 26.3 Å². The van der Waals surface area contributed by atoms with E-state index in [1.807, 2.05) is 44.2 Å². The zero-order valence-corrected chi connectivity index (χ0v) is 14.8. The Morgan fingerprint density at radius 3 is 2.48 bits per heavy atom. The molecule has 7 heteroatoms. The number of nitrogens with zero attached hydrogens (tertiary/aromatic N) is 2. The summed E-state index contributed by atoms with van der Waals surface area (Å²) in [6.07, 6.45) is 2.82. The maximum absolute atomic E-state index is 12.3. The number of hydrogen-bond donors (Lipinski definition) is 2. The third-order valence-corrected chi connectivity index (χ3v) is 4.96. The molecule has 1 aromatic heterocycles. The number of aromatic nitrogens is 2. The molecule has 2 rings (SSSR count). The van der Waals surface area contributed by atoms with Gasteiger partial charge in [-0.15, -0.1) is 0 Å². The van der Waals surface area contributed by atoms with E-state index in [1.54, 1.807) is 7.05 Å². The number of rotatable bonds is 7. The summed E-state index contributed by atoms with van der Waals surface area (Å²) in [5.41, 5.74) is 0.764. The van der Waals surface area contributed by atoms with Crippen molar-refractivity contribution >= 4 is 10.0 Å². The van der Waals surface area contributed by atoms with Crippen LogP contribution in [0.3, 0.4) is 0 Å². The van der Waals surface area contributed by atoms with Crippen LogP contribution < -0.4 is 10.0 Å². The van der Waals surface area contributed by atoms with Gasteiger partial charge in [0.2, 0.25) is 10.0 Å². The molecule has 0 spiro atoms. The van der Waals surface area contributed by atoms with Gasteiger partial charge in [0.15, 0.2) is 0 Å². The van der Waals surface area contributed by atoms with Gasteiger partial charge in [-0.2, -0.15) is 5.10 Å². The van der Waals surface area contributed by atoms with Gasteiger partial charge in [-0.1, -0.05) is 30.3 Å². The minimum absolute atomic E-state index is 0.120. The molecule has 2 aromatic rings. The fraction of sp³-hybridized carbons (Fsp3) is 0.438. The van der Waals surface area contributed by atoms with Gasteiger partial charge >= 0.3 is 0 Å². The second-order valence-electron chi connectivity index (χ2n) is 6.33. The van der Waals surface area contributed by atoms with Crippen LogP contribution in [-0.2, 0) is 17.1 Å². The van der Waals surface area contributed by atoms with Crippen molar-refractivity contribution in [2.45, 2.75) is 37.2 Å². The van der Waals surface area contributed by atoms with Gasteiger partial charge in [0.05, 0.1) is 6.20 Å². The molecule has 0 saturated carbocycles. The smallest absolute Gasteiger partial charge is 0.243 e. The van der Waals surface area contributed by atoms with Crippen molar-refractivity contribution in [3.63, 3.8) is 0 Å². The van der Waals surface area contributed by atoms with E-state index >= 15 is 0 Å². The van der Waals surface area contributed by atoms with Gasteiger partial charge in [-0.25, -0.2) is 13.1 Å². The first-order valence-corrected chi connectivity index (χ1v) is 8.99. The van der Waals surface area contributed by atoms with Crippen molar-refractivity contribution < 1.29 is 8.42 Å². The van der Waals surface area contributed by atoms with E-state index < -0.39 is 15.6 Å². The molecule has 1 atom stereocenters. The summed E-state index contributed by atoms with van der Waals surface area (Å²) in [5, 5.41) is 7.35. The molecule has 1 heterocycles. The average Bonchev–Trinajstić information content (AvgIpc) is 2.93. The van der Waals surface area contributed by atoms with E-state index in [2.05, 4.69) is 22.1 Å². The SMILES string of the molecule is C[C@@H](NC(C)(C)CNS(=O)(=O)c1cnn(C)c1)c1ccccc1. The average molecular weight is 336 g/mol. The first-order chi connectivity index (χ1) is 10.7. The second-order valence-corrected chi connectivity index (χ2v) is 8.10. The van der Waals surface area contributed by atoms with Crippen molar-refractivity contribution in [2.24, 2.45) is 7.05 Å². The van der Waals surface area contributed by atoms with Crippen LogP contribution in [0.1, 0.15) is 32.4 Å². The van der Waals surface area contributed by atoms with E-state index in [4.69, 9.17) is 0 Å². The highest BCUT2D eigenvalue weighted by Crippen LogP contribution is 2.16. The minimum Gasteiger partial charge on any atom is -0.304 e. The van der Waals surface area contributed by atoms with Crippen LogP contribution in [0.4, 0.5) is 0 Å². The van der Waals surface area contributed by atoms with Crippen LogP contribution in [0, 0.1) is 0 Å². The molecule has 0 radical (unpaired) electrons. The Labute approximate surface area is 138 Å². The maximum atomic E-state index is 12.3. The normalized spacial score (nSPS) is 13.9. The Morgan fingerprint density at radius 2 is 1.91 bits per heavy atom. The highest BCUT2D eigenvalue weighted by Gasteiger charge is 2.24. The number of aryl methyl sites for hydroxylation is 1. The Morgan fingerprint density at radius 1 is 1.26 bits per heavy atom. The number of benzene rings is 1. The van der Waals surface area contributed by atoms with Gasteiger partial charge < -0.3 is 5.32 Å². The molecule has 2 N–H and O–H groups in total. The number of sulfonamides is 1. The Bertz CT molecular complexity index is 738. The van der Waals surface area contributed by atoms with Crippen LogP contribution >= 0.6 is 0 Å². The lowest BCUT2D eigenvalue weighted by atomic mass is 10.0. The fourth-order valence-electron chi connectivity index (χ4n) is 2.36. The van der Waals surface area contributed by atoms with Gasteiger partial charge in [-0.3, -0.25) is 4.68 Å². The second kappa shape index (κ2) is 6.82. The minimum atomic E-state index is -3.55. The molecule has 0 bridgehead atoms. The lowest BCUT2D eigenvalue weighted by molar-refractivity contribution is 0.346. The maximum Gasteiger partial charge on any atom is 0.243 e. The van der Waals surface area contributed by atoms with Crippen LogP contribution in [-0.4, -0.2) is 30.3 Å². The fourth-order valence-corrected chi connectivity index (χ4v) is 3.55. The largest absolute Gasteiger partial charge is 0.304 e. The van der Waals surface area contributed by atoms with Gasteiger partial charge in [0, 0.05) is 31.4 Å².